The van der Waals surface area contributed by atoms with E-state index in [0.717, 1.165) is 61.0 Å². The molecule has 4 nitrogen and oxygen atoms in total. The van der Waals surface area contributed by atoms with E-state index in [-0.39, 0.29) is 5.91 Å². The quantitative estimate of drug-likeness (QED) is 0.244. The smallest absolute Gasteiger partial charge is 0.220 e. The minimum absolute atomic E-state index is 0.134. The summed E-state index contributed by atoms with van der Waals surface area (Å²) in [7, 11) is 0. The van der Waals surface area contributed by atoms with Gasteiger partial charge in [0.25, 0.3) is 0 Å². The van der Waals surface area contributed by atoms with Gasteiger partial charge in [-0.05, 0) is 54.7 Å². The molecular formula is C28H30BrN3O. The molecule has 0 spiro atoms. The summed E-state index contributed by atoms with van der Waals surface area (Å²) < 4.78 is 3.43. The Balaban J connectivity index is 1.24. The van der Waals surface area contributed by atoms with Crippen LogP contribution in [0.4, 0.5) is 0 Å². The number of aryl methyl sites for hydroxylation is 2. The summed E-state index contributed by atoms with van der Waals surface area (Å²) in [4.78, 5) is 17.0. The standard InChI is InChI=1S/C28H30BrN3O/c29-24-17-14-23(15-18-24)21-32-26-12-7-6-11-25(26)31-27(32)13-5-2-8-20-30-28(33)19-16-22-9-3-1-4-10-22/h1,3-4,6-7,9-12,14-15,17-18H,2,5,8,13,16,19-21H2,(H,30,33). The fourth-order valence-corrected chi connectivity index (χ4v) is 4.33. The molecule has 170 valence electrons. The summed E-state index contributed by atoms with van der Waals surface area (Å²) in [5.74, 6) is 1.26. The minimum Gasteiger partial charge on any atom is -0.356 e. The molecule has 1 N–H and O–H groups in total. The number of benzene rings is 3. The number of carbonyl (C=O) groups is 1. The second-order valence-corrected chi connectivity index (χ2v) is 9.29. The zero-order valence-corrected chi connectivity index (χ0v) is 20.4. The normalized spacial score (nSPS) is 11.1. The Labute approximate surface area is 204 Å². The molecule has 0 aliphatic rings. The molecule has 0 atom stereocenters. The van der Waals surface area contributed by atoms with E-state index >= 15 is 0 Å². The average molecular weight is 504 g/mol. The first kappa shape index (κ1) is 23.2. The van der Waals surface area contributed by atoms with E-state index < -0.39 is 0 Å². The van der Waals surface area contributed by atoms with Crippen LogP contribution in [-0.2, 0) is 24.2 Å². The molecule has 5 heteroatoms. The van der Waals surface area contributed by atoms with Crippen molar-refractivity contribution in [3.8, 4) is 0 Å². The second kappa shape index (κ2) is 11.8. The van der Waals surface area contributed by atoms with E-state index in [1.165, 1.54) is 16.6 Å². The molecule has 0 bridgehead atoms. The van der Waals surface area contributed by atoms with Gasteiger partial charge in [-0.1, -0.05) is 76.9 Å². The lowest BCUT2D eigenvalue weighted by molar-refractivity contribution is -0.121. The zero-order valence-electron chi connectivity index (χ0n) is 18.8. The van der Waals surface area contributed by atoms with Crippen LogP contribution >= 0.6 is 15.9 Å². The monoisotopic (exact) mass is 503 g/mol. The zero-order chi connectivity index (χ0) is 22.9. The number of nitrogens with zero attached hydrogens (tertiary/aromatic N) is 2. The van der Waals surface area contributed by atoms with Crippen LogP contribution in [0.3, 0.4) is 0 Å². The predicted molar refractivity (Wildman–Crippen MR) is 138 cm³/mol. The second-order valence-electron chi connectivity index (χ2n) is 8.38. The highest BCUT2D eigenvalue weighted by molar-refractivity contribution is 9.10. The average Bonchev–Trinajstić information content (AvgIpc) is 3.19. The Morgan fingerprint density at radius 1 is 0.818 bits per heavy atom. The summed E-state index contributed by atoms with van der Waals surface area (Å²) in [5.41, 5.74) is 4.70. The van der Waals surface area contributed by atoms with Gasteiger partial charge < -0.3 is 9.88 Å². The van der Waals surface area contributed by atoms with E-state index in [1.807, 2.05) is 24.3 Å². The lowest BCUT2D eigenvalue weighted by Gasteiger charge is -2.10. The van der Waals surface area contributed by atoms with Crippen molar-refractivity contribution in [1.82, 2.24) is 14.9 Å². The number of rotatable bonds is 11. The molecular weight excluding hydrogens is 474 g/mol. The van der Waals surface area contributed by atoms with Gasteiger partial charge >= 0.3 is 0 Å². The summed E-state index contributed by atoms with van der Waals surface area (Å²) >= 11 is 3.52. The van der Waals surface area contributed by atoms with Gasteiger partial charge in [-0.15, -0.1) is 0 Å². The largest absolute Gasteiger partial charge is 0.356 e. The van der Waals surface area contributed by atoms with E-state index in [4.69, 9.17) is 4.98 Å². The van der Waals surface area contributed by atoms with Gasteiger partial charge in [0, 0.05) is 30.4 Å². The van der Waals surface area contributed by atoms with Gasteiger partial charge in [-0.2, -0.15) is 0 Å². The van der Waals surface area contributed by atoms with Crippen LogP contribution in [0.1, 0.15) is 42.6 Å². The van der Waals surface area contributed by atoms with Gasteiger partial charge in [0.05, 0.1) is 11.0 Å². The number of amides is 1. The van der Waals surface area contributed by atoms with Crippen LogP contribution < -0.4 is 5.32 Å². The molecule has 0 aliphatic heterocycles. The third-order valence-corrected chi connectivity index (χ3v) is 6.40. The molecule has 1 heterocycles. The third kappa shape index (κ3) is 6.78. The van der Waals surface area contributed by atoms with Gasteiger partial charge in [0.2, 0.25) is 5.91 Å². The molecule has 0 saturated carbocycles. The summed E-state index contributed by atoms with van der Waals surface area (Å²) in [5, 5.41) is 3.06. The van der Waals surface area contributed by atoms with E-state index in [0.29, 0.717) is 6.42 Å². The number of carbonyl (C=O) groups excluding carboxylic acids is 1. The van der Waals surface area contributed by atoms with Crippen molar-refractivity contribution in [2.45, 2.75) is 45.1 Å². The van der Waals surface area contributed by atoms with Gasteiger partial charge in [-0.25, -0.2) is 4.98 Å². The molecule has 4 rings (SSSR count). The topological polar surface area (TPSA) is 46.9 Å². The van der Waals surface area contributed by atoms with Crippen LogP contribution in [0.25, 0.3) is 11.0 Å². The highest BCUT2D eigenvalue weighted by atomic mass is 79.9. The first-order valence-electron chi connectivity index (χ1n) is 11.7. The highest BCUT2D eigenvalue weighted by Crippen LogP contribution is 2.20. The number of halogens is 1. The van der Waals surface area contributed by atoms with Crippen molar-refractivity contribution in [1.29, 1.82) is 0 Å². The number of aromatic nitrogens is 2. The van der Waals surface area contributed by atoms with Gasteiger partial charge in [0.1, 0.15) is 5.82 Å². The molecule has 1 aromatic heterocycles. The fourth-order valence-electron chi connectivity index (χ4n) is 4.07. The third-order valence-electron chi connectivity index (χ3n) is 5.87. The van der Waals surface area contributed by atoms with Crippen molar-refractivity contribution in [2.24, 2.45) is 0 Å². The SMILES string of the molecule is O=C(CCc1ccccc1)NCCCCCc1nc2ccccc2n1Cc1ccc(Br)cc1. The Kier molecular flexibility index (Phi) is 8.31. The Hall–Kier alpha value is -2.92. The van der Waals surface area contributed by atoms with E-state index in [1.54, 1.807) is 0 Å². The highest BCUT2D eigenvalue weighted by Gasteiger charge is 2.11. The van der Waals surface area contributed by atoms with Crippen LogP contribution in [0.15, 0.2) is 83.3 Å². The molecule has 0 fully saturated rings. The Morgan fingerprint density at radius 2 is 1.58 bits per heavy atom. The van der Waals surface area contributed by atoms with Crippen molar-refractivity contribution in [2.75, 3.05) is 6.54 Å². The molecule has 4 aromatic rings. The number of hydrogen-bond donors (Lipinski definition) is 1. The van der Waals surface area contributed by atoms with E-state index in [9.17, 15) is 4.79 Å². The number of unbranched alkanes of at least 4 members (excludes halogenated alkanes) is 2. The number of imidazole rings is 1. The number of fused-ring (bicyclic) bond motifs is 1. The fraction of sp³-hybridized carbons (Fsp3) is 0.286. The molecule has 33 heavy (non-hydrogen) atoms. The maximum Gasteiger partial charge on any atom is 0.220 e. The predicted octanol–water partition coefficient (Wildman–Crippen LogP) is 6.31. The number of nitrogens with one attached hydrogen (secondary N) is 1. The first-order chi connectivity index (χ1) is 16.2. The molecule has 0 saturated heterocycles. The van der Waals surface area contributed by atoms with Crippen molar-refractivity contribution >= 4 is 32.9 Å². The molecule has 3 aromatic carbocycles. The first-order valence-corrected chi connectivity index (χ1v) is 12.5. The van der Waals surface area contributed by atoms with Crippen LogP contribution in [0.5, 0.6) is 0 Å². The Morgan fingerprint density at radius 3 is 2.39 bits per heavy atom. The molecule has 0 unspecified atom stereocenters. The lowest BCUT2D eigenvalue weighted by Crippen LogP contribution is -2.24. The Bertz CT molecular complexity index is 1170. The molecule has 0 radical (unpaired) electrons. The van der Waals surface area contributed by atoms with Gasteiger partial charge in [-0.3, -0.25) is 4.79 Å². The number of hydrogen-bond acceptors (Lipinski definition) is 2. The summed E-state index contributed by atoms with van der Waals surface area (Å²) in [6.45, 7) is 1.56. The molecule has 0 aliphatic carbocycles. The lowest BCUT2D eigenvalue weighted by atomic mass is 10.1. The van der Waals surface area contributed by atoms with Crippen LogP contribution in [-0.4, -0.2) is 22.0 Å². The maximum absolute atomic E-state index is 12.1. The van der Waals surface area contributed by atoms with Crippen LogP contribution in [0.2, 0.25) is 0 Å². The van der Waals surface area contributed by atoms with Gasteiger partial charge in [0.15, 0.2) is 0 Å². The van der Waals surface area contributed by atoms with Crippen molar-refractivity contribution < 1.29 is 4.79 Å². The van der Waals surface area contributed by atoms with E-state index in [2.05, 4.69) is 80.4 Å². The molecule has 1 amide bonds. The van der Waals surface area contributed by atoms with Crippen molar-refractivity contribution in [3.05, 3.63) is 100 Å². The van der Waals surface area contributed by atoms with Crippen LogP contribution in [0, 0.1) is 0 Å². The van der Waals surface area contributed by atoms with Crippen molar-refractivity contribution in [3.63, 3.8) is 0 Å². The summed E-state index contributed by atoms with van der Waals surface area (Å²) in [6, 6.07) is 27.0. The number of para-hydroxylation sites is 2. The minimum atomic E-state index is 0.134. The summed E-state index contributed by atoms with van der Waals surface area (Å²) in [6.07, 6.45) is 5.40. The maximum atomic E-state index is 12.1.